The molecular weight excluding hydrogens is 222 g/mol. The predicted molar refractivity (Wildman–Crippen MR) is 21.0 cm³/mol. The van der Waals surface area contributed by atoms with Gasteiger partial charge < -0.3 is 26.7 Å². The Labute approximate surface area is 79.9 Å². The number of aliphatic carboxylic acids is 2. The first-order valence-corrected chi connectivity index (χ1v) is 1.67. The molecule has 0 spiro atoms. The molecule has 0 saturated carbocycles. The van der Waals surface area contributed by atoms with E-state index in [1.807, 2.05) is 0 Å². The Morgan fingerprint density at radius 3 is 1.30 bits per heavy atom. The van der Waals surface area contributed by atoms with Crippen molar-refractivity contribution in [3.05, 3.63) is 6.92 Å². The van der Waals surface area contributed by atoms with Crippen molar-refractivity contribution in [3.8, 4) is 0 Å². The van der Waals surface area contributed by atoms with E-state index < -0.39 is 11.9 Å². The van der Waals surface area contributed by atoms with Crippen LogP contribution in [0.15, 0.2) is 0 Å². The van der Waals surface area contributed by atoms with E-state index in [0.29, 0.717) is 0 Å². The molecule has 6 heteroatoms. The van der Waals surface area contributed by atoms with Crippen molar-refractivity contribution < 1.29 is 53.9 Å². The summed E-state index contributed by atoms with van der Waals surface area (Å²) in [6.07, 6.45) is 0. The molecule has 0 saturated heterocycles. The third-order valence-corrected chi connectivity index (χ3v) is 0. The number of carbonyl (C=O) groups is 2. The molecule has 0 aromatic carbocycles. The van der Waals surface area contributed by atoms with E-state index in [4.69, 9.17) is 19.8 Å². The normalized spacial score (nSPS) is 4.90. The number of carboxylic acid groups (broad SMARTS) is 2. The van der Waals surface area contributed by atoms with Crippen molar-refractivity contribution in [2.45, 2.75) is 6.92 Å². The maximum Gasteiger partial charge on any atom is 2.00 e. The molecule has 0 atom stereocenters. The van der Waals surface area contributed by atoms with Gasteiger partial charge in [0.15, 0.2) is 0 Å². The molecule has 0 fully saturated rings. The molecule has 0 aliphatic rings. The van der Waals surface area contributed by atoms with Gasteiger partial charge in [-0.1, -0.05) is 0 Å². The number of carbonyl (C=O) groups excluding carboxylic acids is 2. The van der Waals surface area contributed by atoms with Crippen LogP contribution >= 0.6 is 0 Å². The van der Waals surface area contributed by atoms with Crippen molar-refractivity contribution in [1.29, 1.82) is 0 Å². The summed E-state index contributed by atoms with van der Waals surface area (Å²) in [5.74, 6) is -2.42. The first-order chi connectivity index (χ1) is 3.46. The van der Waals surface area contributed by atoms with Crippen molar-refractivity contribution >= 4 is 11.9 Å². The molecule has 0 unspecified atom stereocenters. The van der Waals surface area contributed by atoms with E-state index >= 15 is 0 Å². The summed E-state index contributed by atoms with van der Waals surface area (Å²) in [4.78, 5) is 17.7. The minimum Gasteiger partial charge on any atom is -0.584 e. The summed E-state index contributed by atoms with van der Waals surface area (Å²) in [7, 11) is 0. The number of carboxylic acids is 2. The van der Waals surface area contributed by atoms with Gasteiger partial charge in [0.25, 0.3) is 0 Å². The Kier molecular flexibility index (Phi) is 35.9. The Hall–Kier alpha value is -0.151. The van der Waals surface area contributed by atoms with Crippen LogP contribution in [0.5, 0.6) is 0 Å². The second-order valence-corrected chi connectivity index (χ2v) is 0.864. The molecule has 0 rings (SSSR count). The standard InChI is InChI=1S/C2H4O2.C2H3O2.2Mn/c2*1-2(3)4;;/h1H3,(H,3,4);1H2,(H,3,4);;/q;-1;;+2/p-2. The Morgan fingerprint density at radius 2 is 1.30 bits per heavy atom. The maximum atomic E-state index is 8.89. The van der Waals surface area contributed by atoms with E-state index in [2.05, 4.69) is 6.92 Å². The van der Waals surface area contributed by atoms with E-state index in [0.717, 1.165) is 6.92 Å². The zero-order valence-corrected chi connectivity index (χ0v) is 7.46. The van der Waals surface area contributed by atoms with Gasteiger partial charge >= 0.3 is 17.1 Å². The van der Waals surface area contributed by atoms with Gasteiger partial charge in [-0.25, -0.2) is 0 Å². The van der Waals surface area contributed by atoms with Crippen molar-refractivity contribution in [1.82, 2.24) is 0 Å². The molecule has 0 bridgehead atoms. The largest absolute Gasteiger partial charge is 2.00 e. The van der Waals surface area contributed by atoms with Crippen molar-refractivity contribution in [2.75, 3.05) is 0 Å². The van der Waals surface area contributed by atoms with Gasteiger partial charge in [-0.3, -0.25) is 0 Å². The zero-order valence-electron chi connectivity index (χ0n) is 5.10. The topological polar surface area (TPSA) is 80.3 Å². The van der Waals surface area contributed by atoms with E-state index in [9.17, 15) is 0 Å². The first kappa shape index (κ1) is 22.5. The Morgan fingerprint density at radius 1 is 1.30 bits per heavy atom. The maximum absolute atomic E-state index is 8.89. The summed E-state index contributed by atoms with van der Waals surface area (Å²) >= 11 is 0. The third kappa shape index (κ3) is 16100. The summed E-state index contributed by atoms with van der Waals surface area (Å²) in [6.45, 7) is 3.42. The Balaban J connectivity index is -0.0000000300. The van der Waals surface area contributed by atoms with Gasteiger partial charge in [0, 0.05) is 23.0 Å². The van der Waals surface area contributed by atoms with Crippen LogP contribution in [-0.2, 0) is 43.7 Å². The number of rotatable bonds is 0. The van der Waals surface area contributed by atoms with Gasteiger partial charge in [-0.05, 0) is 6.92 Å². The van der Waals surface area contributed by atoms with Crippen LogP contribution in [0.2, 0.25) is 0 Å². The van der Waals surface area contributed by atoms with Crippen LogP contribution in [0.1, 0.15) is 6.92 Å². The molecule has 0 aliphatic heterocycles. The van der Waals surface area contributed by atoms with Gasteiger partial charge in [0.1, 0.15) is 0 Å². The quantitative estimate of drug-likeness (QED) is 0.333. The molecule has 0 aromatic rings. The van der Waals surface area contributed by atoms with Gasteiger partial charge in [-0.15, -0.1) is 5.97 Å². The fraction of sp³-hybridized carbons (Fsp3) is 0.250. The molecule has 2 radical (unpaired) electrons. The third-order valence-electron chi connectivity index (χ3n) is 0. The average molecular weight is 227 g/mol. The summed E-state index contributed by atoms with van der Waals surface area (Å²) in [5, 5.41) is 17.7. The predicted octanol–water partition coefficient (Wildman–Crippen LogP) is -2.68. The minimum atomic E-state index is -1.33. The van der Waals surface area contributed by atoms with Gasteiger partial charge in [0.2, 0.25) is 0 Å². The Bertz CT molecular complexity index is 73.3. The molecule has 4 nitrogen and oxygen atoms in total. The molecule has 0 heterocycles. The van der Waals surface area contributed by atoms with Crippen LogP contribution in [-0.4, -0.2) is 11.9 Å². The minimum absolute atomic E-state index is 0. The summed E-state index contributed by atoms with van der Waals surface area (Å²) < 4.78 is 0. The molecular formula is C4H5Mn2O4-. The smallest absolute Gasteiger partial charge is 0.584 e. The summed E-state index contributed by atoms with van der Waals surface area (Å²) in [6, 6.07) is 0. The first-order valence-electron chi connectivity index (χ1n) is 1.67. The van der Waals surface area contributed by atoms with E-state index in [1.165, 1.54) is 0 Å². The van der Waals surface area contributed by atoms with Crippen molar-refractivity contribution in [2.24, 2.45) is 0 Å². The summed E-state index contributed by atoms with van der Waals surface area (Å²) in [5.41, 5.74) is 0. The second-order valence-electron chi connectivity index (χ2n) is 0.864. The van der Waals surface area contributed by atoms with Crippen LogP contribution in [0.3, 0.4) is 0 Å². The number of hydrogen-bond acceptors (Lipinski definition) is 4. The van der Waals surface area contributed by atoms with Crippen LogP contribution < -0.4 is 10.2 Å². The fourth-order valence-electron chi connectivity index (χ4n) is 0. The fourth-order valence-corrected chi connectivity index (χ4v) is 0. The second kappa shape index (κ2) is 15.9. The molecule has 0 aliphatic carbocycles. The molecule has 0 amide bonds. The number of hydrogen-bond donors (Lipinski definition) is 0. The monoisotopic (exact) mass is 227 g/mol. The van der Waals surface area contributed by atoms with Crippen molar-refractivity contribution in [3.63, 3.8) is 0 Å². The molecule has 60 valence electrons. The average Bonchev–Trinajstić information content (AvgIpc) is 1.25. The van der Waals surface area contributed by atoms with Crippen LogP contribution in [0.4, 0.5) is 0 Å². The van der Waals surface area contributed by atoms with Crippen LogP contribution in [0, 0.1) is 6.92 Å². The molecule has 10 heavy (non-hydrogen) atoms. The van der Waals surface area contributed by atoms with Gasteiger partial charge in [-0.2, -0.15) is 0 Å². The van der Waals surface area contributed by atoms with E-state index in [1.54, 1.807) is 0 Å². The SMILES string of the molecule is CC(=O)[O-].[CH2-]C(=O)[O-].[Mn+2].[Mn]. The van der Waals surface area contributed by atoms with E-state index in [-0.39, 0.29) is 34.1 Å². The van der Waals surface area contributed by atoms with Crippen LogP contribution in [0.25, 0.3) is 0 Å². The molecule has 0 aromatic heterocycles. The molecule has 0 N–H and O–H groups in total. The van der Waals surface area contributed by atoms with Gasteiger partial charge in [0.05, 0.1) is 0 Å². The zero-order chi connectivity index (χ0) is 7.15.